The molecular weight excluding hydrogens is 210 g/mol. The second-order valence-electron chi connectivity index (χ2n) is 2.97. The van der Waals surface area contributed by atoms with Crippen LogP contribution in [-0.2, 0) is 0 Å². The van der Waals surface area contributed by atoms with Crippen molar-refractivity contribution < 1.29 is 4.79 Å². The first-order valence-electron chi connectivity index (χ1n) is 4.47. The van der Waals surface area contributed by atoms with E-state index in [1.807, 2.05) is 30.3 Å². The average molecular weight is 223 g/mol. The summed E-state index contributed by atoms with van der Waals surface area (Å²) in [5.74, 6) is 0. The molecule has 4 nitrogen and oxygen atoms in total. The van der Waals surface area contributed by atoms with Crippen molar-refractivity contribution >= 4 is 23.2 Å². The number of urea groups is 1. The number of rotatable bonds is 3. The molecule has 1 aromatic rings. The van der Waals surface area contributed by atoms with Crippen LogP contribution in [0, 0.1) is 0 Å². The molecule has 1 aromatic carbocycles. The van der Waals surface area contributed by atoms with Crippen molar-refractivity contribution in [3.05, 3.63) is 35.9 Å². The molecule has 0 radical (unpaired) electrons. The second kappa shape index (κ2) is 5.31. The molecular formula is C10H13N3OS. The van der Waals surface area contributed by atoms with E-state index in [9.17, 15) is 4.79 Å². The van der Waals surface area contributed by atoms with Gasteiger partial charge in [-0.05, 0) is 5.56 Å². The van der Waals surface area contributed by atoms with Crippen LogP contribution in [-0.4, -0.2) is 18.1 Å². The van der Waals surface area contributed by atoms with Gasteiger partial charge in [-0.3, -0.25) is 0 Å². The molecule has 0 spiro atoms. The highest BCUT2D eigenvalue weighted by molar-refractivity contribution is 7.80. The lowest BCUT2D eigenvalue weighted by atomic mass is 10.1. The molecule has 0 bridgehead atoms. The summed E-state index contributed by atoms with van der Waals surface area (Å²) in [5, 5.41) is 5.12. The van der Waals surface area contributed by atoms with Crippen molar-refractivity contribution in [2.24, 2.45) is 5.73 Å². The van der Waals surface area contributed by atoms with Crippen LogP contribution in [0.5, 0.6) is 0 Å². The van der Waals surface area contributed by atoms with Crippen LogP contribution < -0.4 is 16.4 Å². The quantitative estimate of drug-likeness (QED) is 0.668. The molecule has 2 amide bonds. The molecule has 1 rings (SSSR count). The molecule has 1 atom stereocenters. The predicted molar refractivity (Wildman–Crippen MR) is 63.6 cm³/mol. The molecule has 0 aliphatic rings. The van der Waals surface area contributed by atoms with Crippen LogP contribution in [0.2, 0.25) is 0 Å². The summed E-state index contributed by atoms with van der Waals surface area (Å²) in [6.07, 6.45) is 0. The van der Waals surface area contributed by atoms with Gasteiger partial charge in [-0.1, -0.05) is 42.5 Å². The summed E-state index contributed by atoms with van der Waals surface area (Å²) in [6.45, 7) is 0. The third-order valence-electron chi connectivity index (χ3n) is 1.92. The number of hydrogen-bond donors (Lipinski definition) is 3. The fraction of sp³-hybridized carbons (Fsp3) is 0.200. The minimum absolute atomic E-state index is 0.241. The molecule has 0 fully saturated rings. The van der Waals surface area contributed by atoms with Crippen molar-refractivity contribution in [3.63, 3.8) is 0 Å². The lowest BCUT2D eigenvalue weighted by molar-refractivity contribution is 0.241. The SMILES string of the molecule is CNC(=O)NC(C(N)=S)c1ccccc1. The zero-order valence-corrected chi connectivity index (χ0v) is 9.17. The van der Waals surface area contributed by atoms with Crippen molar-refractivity contribution in [3.8, 4) is 0 Å². The van der Waals surface area contributed by atoms with Gasteiger partial charge in [-0.2, -0.15) is 0 Å². The first-order chi connectivity index (χ1) is 7.15. The molecule has 0 aliphatic heterocycles. The Hall–Kier alpha value is -1.62. The Morgan fingerprint density at radius 1 is 1.40 bits per heavy atom. The molecule has 15 heavy (non-hydrogen) atoms. The lowest BCUT2D eigenvalue weighted by Gasteiger charge is -2.17. The Morgan fingerprint density at radius 3 is 2.47 bits per heavy atom. The Balaban J connectivity index is 2.84. The molecule has 1 unspecified atom stereocenters. The van der Waals surface area contributed by atoms with E-state index in [2.05, 4.69) is 10.6 Å². The minimum Gasteiger partial charge on any atom is -0.391 e. The Bertz CT molecular complexity index is 353. The van der Waals surface area contributed by atoms with Crippen LogP contribution >= 0.6 is 12.2 Å². The number of carbonyl (C=O) groups is 1. The fourth-order valence-corrected chi connectivity index (χ4v) is 1.36. The molecule has 4 N–H and O–H groups in total. The van der Waals surface area contributed by atoms with Crippen molar-refractivity contribution in [1.29, 1.82) is 0 Å². The van der Waals surface area contributed by atoms with E-state index in [0.29, 0.717) is 0 Å². The van der Waals surface area contributed by atoms with Crippen molar-refractivity contribution in [2.45, 2.75) is 6.04 Å². The molecule has 0 aliphatic carbocycles. The molecule has 0 heterocycles. The Morgan fingerprint density at radius 2 is 2.00 bits per heavy atom. The number of nitrogens with one attached hydrogen (secondary N) is 2. The van der Waals surface area contributed by atoms with E-state index in [1.165, 1.54) is 7.05 Å². The molecule has 0 saturated heterocycles. The first-order valence-corrected chi connectivity index (χ1v) is 4.88. The van der Waals surface area contributed by atoms with E-state index in [0.717, 1.165) is 5.56 Å². The maximum Gasteiger partial charge on any atom is 0.315 e. The average Bonchev–Trinajstić information content (AvgIpc) is 2.26. The Kier molecular flexibility index (Phi) is 4.05. The number of thiocarbonyl (C=S) groups is 1. The highest BCUT2D eigenvalue weighted by atomic mass is 32.1. The van der Waals surface area contributed by atoms with E-state index in [1.54, 1.807) is 0 Å². The van der Waals surface area contributed by atoms with Gasteiger partial charge in [0.1, 0.15) is 11.0 Å². The van der Waals surface area contributed by atoms with Gasteiger partial charge in [0.15, 0.2) is 0 Å². The van der Waals surface area contributed by atoms with Crippen molar-refractivity contribution in [2.75, 3.05) is 7.05 Å². The summed E-state index contributed by atoms with van der Waals surface area (Å²) in [4.78, 5) is 11.4. The molecule has 5 heteroatoms. The zero-order valence-electron chi connectivity index (χ0n) is 8.36. The summed E-state index contributed by atoms with van der Waals surface area (Å²) >= 11 is 4.90. The third kappa shape index (κ3) is 3.21. The molecule has 0 saturated carbocycles. The highest BCUT2D eigenvalue weighted by Gasteiger charge is 2.15. The van der Waals surface area contributed by atoms with Gasteiger partial charge in [0.2, 0.25) is 0 Å². The van der Waals surface area contributed by atoms with Crippen LogP contribution in [0.1, 0.15) is 11.6 Å². The maximum absolute atomic E-state index is 11.2. The van der Waals surface area contributed by atoms with Crippen molar-refractivity contribution in [1.82, 2.24) is 10.6 Å². The number of hydrogen-bond acceptors (Lipinski definition) is 2. The van der Waals surface area contributed by atoms with Crippen LogP contribution in [0.4, 0.5) is 4.79 Å². The number of carbonyl (C=O) groups excluding carboxylic acids is 1. The van der Waals surface area contributed by atoms with Gasteiger partial charge in [-0.15, -0.1) is 0 Å². The minimum atomic E-state index is -0.429. The van der Waals surface area contributed by atoms with Gasteiger partial charge in [0.25, 0.3) is 0 Å². The maximum atomic E-state index is 11.2. The second-order valence-corrected chi connectivity index (χ2v) is 3.44. The Labute approximate surface area is 93.9 Å². The van der Waals surface area contributed by atoms with Crippen LogP contribution in [0.25, 0.3) is 0 Å². The van der Waals surface area contributed by atoms with Gasteiger partial charge in [0, 0.05) is 7.05 Å². The third-order valence-corrected chi connectivity index (χ3v) is 2.16. The summed E-state index contributed by atoms with van der Waals surface area (Å²) in [7, 11) is 1.54. The smallest absolute Gasteiger partial charge is 0.315 e. The van der Waals surface area contributed by atoms with Crippen LogP contribution in [0.3, 0.4) is 0 Å². The van der Waals surface area contributed by atoms with E-state index < -0.39 is 6.04 Å². The zero-order chi connectivity index (χ0) is 11.3. The molecule has 0 aromatic heterocycles. The van der Waals surface area contributed by atoms with E-state index in [4.69, 9.17) is 18.0 Å². The largest absolute Gasteiger partial charge is 0.391 e. The van der Waals surface area contributed by atoms with Gasteiger partial charge in [-0.25, -0.2) is 4.79 Å². The highest BCUT2D eigenvalue weighted by Crippen LogP contribution is 2.12. The van der Waals surface area contributed by atoms with Gasteiger partial charge >= 0.3 is 6.03 Å². The first kappa shape index (κ1) is 11.5. The fourth-order valence-electron chi connectivity index (χ4n) is 1.17. The number of nitrogens with two attached hydrogens (primary N) is 1. The summed E-state index contributed by atoms with van der Waals surface area (Å²) in [5.41, 5.74) is 6.43. The summed E-state index contributed by atoms with van der Waals surface area (Å²) < 4.78 is 0. The van der Waals surface area contributed by atoms with E-state index >= 15 is 0 Å². The lowest BCUT2D eigenvalue weighted by Crippen LogP contribution is -2.41. The summed E-state index contributed by atoms with van der Waals surface area (Å²) in [6, 6.07) is 8.61. The topological polar surface area (TPSA) is 67.2 Å². The van der Waals surface area contributed by atoms with E-state index in [-0.39, 0.29) is 11.0 Å². The monoisotopic (exact) mass is 223 g/mol. The number of amides is 2. The van der Waals surface area contributed by atoms with Gasteiger partial charge < -0.3 is 16.4 Å². The normalized spacial score (nSPS) is 11.5. The van der Waals surface area contributed by atoms with Crippen LogP contribution in [0.15, 0.2) is 30.3 Å². The van der Waals surface area contributed by atoms with Gasteiger partial charge in [0.05, 0.1) is 0 Å². The standard InChI is InChI=1S/C10H13N3OS/c1-12-10(14)13-8(9(11)15)7-5-3-2-4-6-7/h2-6,8H,1H3,(H2,11,15)(H2,12,13,14). The molecule has 80 valence electrons. The predicted octanol–water partition coefficient (Wildman–Crippen LogP) is 0.943. The number of benzene rings is 1.